The summed E-state index contributed by atoms with van der Waals surface area (Å²) in [6, 6.07) is 4.75. The normalized spacial score (nSPS) is 18.9. The zero-order valence-electron chi connectivity index (χ0n) is 11.0. The zero-order chi connectivity index (χ0) is 14.0. The van der Waals surface area contributed by atoms with E-state index < -0.39 is 10.0 Å². The van der Waals surface area contributed by atoms with Crippen molar-refractivity contribution >= 4 is 15.7 Å². The molecule has 0 bridgehead atoms. The molecule has 0 spiro atoms. The van der Waals surface area contributed by atoms with Crippen molar-refractivity contribution in [3.05, 3.63) is 18.2 Å². The summed E-state index contributed by atoms with van der Waals surface area (Å²) >= 11 is 0. The van der Waals surface area contributed by atoms with Crippen molar-refractivity contribution in [3.63, 3.8) is 0 Å². The van der Waals surface area contributed by atoms with Gasteiger partial charge in [-0.3, -0.25) is 0 Å². The summed E-state index contributed by atoms with van der Waals surface area (Å²) in [6.07, 6.45) is 0.0764. The molecule has 0 aliphatic carbocycles. The predicted octanol–water partition coefficient (Wildman–Crippen LogP) is 0.174. The van der Waals surface area contributed by atoms with Crippen LogP contribution in [0.25, 0.3) is 0 Å². The third-order valence-electron chi connectivity index (χ3n) is 2.91. The Balaban J connectivity index is 2.33. The molecule has 1 heterocycles. The number of aliphatic hydroxyl groups excluding tert-OH is 1. The first-order chi connectivity index (χ1) is 8.94. The highest BCUT2D eigenvalue weighted by atomic mass is 32.2. The molecule has 2 N–H and O–H groups in total. The second-order valence-electron chi connectivity index (χ2n) is 4.56. The van der Waals surface area contributed by atoms with Gasteiger partial charge in [0.15, 0.2) is 0 Å². The SMILES string of the molecule is CC1CN(C)c2cc(S(=O)(=O)NCCO)ccc2O1. The smallest absolute Gasteiger partial charge is 0.240 e. The van der Waals surface area contributed by atoms with Crippen LogP contribution in [0.3, 0.4) is 0 Å². The molecule has 1 aliphatic heterocycles. The van der Waals surface area contributed by atoms with Gasteiger partial charge in [-0.05, 0) is 25.1 Å². The maximum absolute atomic E-state index is 12.0. The van der Waals surface area contributed by atoms with Gasteiger partial charge in [-0.15, -0.1) is 0 Å². The summed E-state index contributed by atoms with van der Waals surface area (Å²) < 4.78 is 31.9. The number of ether oxygens (including phenoxy) is 1. The van der Waals surface area contributed by atoms with Gasteiger partial charge in [0.1, 0.15) is 11.9 Å². The number of nitrogens with one attached hydrogen (secondary N) is 1. The topological polar surface area (TPSA) is 78.9 Å². The van der Waals surface area contributed by atoms with Crippen molar-refractivity contribution < 1.29 is 18.3 Å². The summed E-state index contributed by atoms with van der Waals surface area (Å²) in [7, 11) is -1.69. The minimum absolute atomic E-state index is 0.00277. The first kappa shape index (κ1) is 14.1. The van der Waals surface area contributed by atoms with Crippen molar-refractivity contribution in [2.24, 2.45) is 0 Å². The van der Waals surface area contributed by atoms with Crippen LogP contribution in [0.1, 0.15) is 6.92 Å². The largest absolute Gasteiger partial charge is 0.487 e. The van der Waals surface area contributed by atoms with Crippen molar-refractivity contribution in [1.82, 2.24) is 4.72 Å². The number of nitrogens with zero attached hydrogens (tertiary/aromatic N) is 1. The fourth-order valence-electron chi connectivity index (χ4n) is 2.06. The van der Waals surface area contributed by atoms with Crippen LogP contribution in [0.15, 0.2) is 23.1 Å². The lowest BCUT2D eigenvalue weighted by atomic mass is 10.2. The zero-order valence-corrected chi connectivity index (χ0v) is 11.8. The second kappa shape index (κ2) is 5.36. The van der Waals surface area contributed by atoms with E-state index in [1.54, 1.807) is 12.1 Å². The number of hydrogen-bond donors (Lipinski definition) is 2. The number of likely N-dealkylation sites (N-methyl/N-ethyl adjacent to an activating group) is 1. The third-order valence-corrected chi connectivity index (χ3v) is 4.37. The second-order valence-corrected chi connectivity index (χ2v) is 6.33. The summed E-state index contributed by atoms with van der Waals surface area (Å²) in [5.41, 5.74) is 0.755. The summed E-state index contributed by atoms with van der Waals surface area (Å²) in [5, 5.41) is 8.68. The third kappa shape index (κ3) is 2.99. The summed E-state index contributed by atoms with van der Waals surface area (Å²) in [6.45, 7) is 2.45. The first-order valence-corrected chi connectivity index (χ1v) is 7.55. The van der Waals surface area contributed by atoms with Crippen LogP contribution in [0.5, 0.6) is 5.75 Å². The number of sulfonamides is 1. The van der Waals surface area contributed by atoms with E-state index in [0.717, 1.165) is 5.69 Å². The highest BCUT2D eigenvalue weighted by Gasteiger charge is 2.23. The molecule has 0 aromatic heterocycles. The number of benzene rings is 1. The monoisotopic (exact) mass is 286 g/mol. The quantitative estimate of drug-likeness (QED) is 0.825. The van der Waals surface area contributed by atoms with E-state index in [1.165, 1.54) is 6.07 Å². The van der Waals surface area contributed by atoms with Crippen LogP contribution >= 0.6 is 0 Å². The van der Waals surface area contributed by atoms with Gasteiger partial charge < -0.3 is 14.7 Å². The van der Waals surface area contributed by atoms with Crippen LogP contribution in [0.4, 0.5) is 5.69 Å². The molecule has 19 heavy (non-hydrogen) atoms. The molecule has 7 heteroatoms. The van der Waals surface area contributed by atoms with Crippen LogP contribution in [-0.2, 0) is 10.0 Å². The number of fused-ring (bicyclic) bond motifs is 1. The lowest BCUT2D eigenvalue weighted by molar-refractivity contribution is 0.215. The van der Waals surface area contributed by atoms with Crippen LogP contribution in [0.2, 0.25) is 0 Å². The number of anilines is 1. The van der Waals surface area contributed by atoms with Gasteiger partial charge in [0, 0.05) is 13.6 Å². The maximum Gasteiger partial charge on any atom is 0.240 e. The van der Waals surface area contributed by atoms with Gasteiger partial charge in [0.05, 0.1) is 23.7 Å². The van der Waals surface area contributed by atoms with Crippen LogP contribution in [0, 0.1) is 0 Å². The average molecular weight is 286 g/mol. The molecular weight excluding hydrogens is 268 g/mol. The minimum Gasteiger partial charge on any atom is -0.487 e. The fraction of sp³-hybridized carbons (Fsp3) is 0.500. The Bertz CT molecular complexity index is 559. The summed E-state index contributed by atoms with van der Waals surface area (Å²) in [5.74, 6) is 0.683. The molecule has 1 atom stereocenters. The molecule has 2 rings (SSSR count). The van der Waals surface area contributed by atoms with E-state index in [9.17, 15) is 8.42 Å². The molecular formula is C12H18N2O4S. The van der Waals surface area contributed by atoms with Crippen molar-refractivity contribution in [1.29, 1.82) is 0 Å². The highest BCUT2D eigenvalue weighted by Crippen LogP contribution is 2.34. The average Bonchev–Trinajstić information content (AvgIpc) is 2.35. The number of rotatable bonds is 4. The van der Waals surface area contributed by atoms with Gasteiger partial charge in [-0.1, -0.05) is 0 Å². The molecule has 1 unspecified atom stereocenters. The highest BCUT2D eigenvalue weighted by molar-refractivity contribution is 7.89. The molecule has 1 aromatic carbocycles. The van der Waals surface area contributed by atoms with E-state index in [-0.39, 0.29) is 24.2 Å². The summed E-state index contributed by atoms with van der Waals surface area (Å²) in [4.78, 5) is 2.14. The Morgan fingerprint density at radius 1 is 1.53 bits per heavy atom. The van der Waals surface area contributed by atoms with Gasteiger partial charge in [0.2, 0.25) is 10.0 Å². The Labute approximate surface area is 113 Å². The van der Waals surface area contributed by atoms with E-state index in [0.29, 0.717) is 12.3 Å². The number of hydrogen-bond acceptors (Lipinski definition) is 5. The first-order valence-electron chi connectivity index (χ1n) is 6.06. The van der Waals surface area contributed by atoms with Gasteiger partial charge in [-0.25, -0.2) is 13.1 Å². The van der Waals surface area contributed by atoms with E-state index in [1.807, 2.05) is 18.9 Å². The molecule has 106 valence electrons. The molecule has 1 aliphatic rings. The standard InChI is InChI=1S/C12H18N2O4S/c1-9-8-14(2)11-7-10(3-4-12(11)18-9)19(16,17)13-5-6-15/h3-4,7,9,13,15H,5-6,8H2,1-2H3. The molecule has 0 fully saturated rings. The molecule has 0 radical (unpaired) electrons. The Morgan fingerprint density at radius 3 is 2.95 bits per heavy atom. The van der Waals surface area contributed by atoms with Crippen molar-refractivity contribution in [2.45, 2.75) is 17.9 Å². The Morgan fingerprint density at radius 2 is 2.26 bits per heavy atom. The van der Waals surface area contributed by atoms with E-state index >= 15 is 0 Å². The lowest BCUT2D eigenvalue weighted by Crippen LogP contribution is -2.36. The molecule has 0 saturated heterocycles. The fourth-order valence-corrected chi connectivity index (χ4v) is 3.10. The van der Waals surface area contributed by atoms with Gasteiger partial charge >= 0.3 is 0 Å². The van der Waals surface area contributed by atoms with Crippen molar-refractivity contribution in [2.75, 3.05) is 31.6 Å². The van der Waals surface area contributed by atoms with Crippen molar-refractivity contribution in [3.8, 4) is 5.75 Å². The number of aliphatic hydroxyl groups is 1. The molecule has 0 amide bonds. The van der Waals surface area contributed by atoms with Crippen LogP contribution in [-0.4, -0.2) is 46.4 Å². The van der Waals surface area contributed by atoms with Gasteiger partial charge in [-0.2, -0.15) is 0 Å². The predicted molar refractivity (Wildman–Crippen MR) is 72.1 cm³/mol. The maximum atomic E-state index is 12.0. The Hall–Kier alpha value is -1.31. The molecule has 6 nitrogen and oxygen atoms in total. The van der Waals surface area contributed by atoms with E-state index in [2.05, 4.69) is 4.72 Å². The van der Waals surface area contributed by atoms with E-state index in [4.69, 9.17) is 9.84 Å². The molecule has 0 saturated carbocycles. The Kier molecular flexibility index (Phi) is 3.98. The lowest BCUT2D eigenvalue weighted by Gasteiger charge is -2.32. The minimum atomic E-state index is -3.59. The van der Waals surface area contributed by atoms with Crippen LogP contribution < -0.4 is 14.4 Å². The molecule has 1 aromatic rings. The van der Waals surface area contributed by atoms with Gasteiger partial charge in [0.25, 0.3) is 0 Å².